The van der Waals surface area contributed by atoms with E-state index >= 15 is 0 Å². The highest BCUT2D eigenvalue weighted by Gasteiger charge is 2.29. The molecule has 0 spiro atoms. The predicted molar refractivity (Wildman–Crippen MR) is 90.8 cm³/mol. The number of amides is 1. The summed E-state index contributed by atoms with van der Waals surface area (Å²) in [5.74, 6) is 0.970. The summed E-state index contributed by atoms with van der Waals surface area (Å²) in [5, 5.41) is 12.1. The number of nitrogens with zero attached hydrogens (tertiary/aromatic N) is 6. The molecule has 1 fully saturated rings. The van der Waals surface area contributed by atoms with E-state index in [1.165, 1.54) is 19.2 Å². The number of carbonyl (C=O) groups excluding carboxylic acids is 1. The van der Waals surface area contributed by atoms with Crippen LogP contribution in [0.5, 0.6) is 5.88 Å². The molecule has 1 atom stereocenters. The van der Waals surface area contributed by atoms with Crippen molar-refractivity contribution in [2.24, 2.45) is 7.05 Å². The van der Waals surface area contributed by atoms with Crippen LogP contribution in [0.4, 0.5) is 5.82 Å². The number of carbonyl (C=O) groups is 1. The van der Waals surface area contributed by atoms with Crippen LogP contribution in [0.15, 0.2) is 29.1 Å². The number of rotatable bonds is 4. The minimum atomic E-state index is -0.251. The number of likely N-dealkylation sites (tertiary alicyclic amines) is 1. The maximum atomic E-state index is 12.5. The number of hydrogen-bond donors (Lipinski definition) is 0. The van der Waals surface area contributed by atoms with Crippen LogP contribution in [0.1, 0.15) is 16.9 Å². The highest BCUT2D eigenvalue weighted by Crippen LogP contribution is 2.18. The predicted octanol–water partition coefficient (Wildman–Crippen LogP) is -0.0702. The zero-order valence-electron chi connectivity index (χ0n) is 14.4. The number of aromatic nitrogens is 4. The van der Waals surface area contributed by atoms with E-state index in [2.05, 4.69) is 15.3 Å². The van der Waals surface area contributed by atoms with Crippen molar-refractivity contribution < 1.29 is 9.53 Å². The Labute approximate surface area is 144 Å². The van der Waals surface area contributed by atoms with Gasteiger partial charge in [0.25, 0.3) is 11.5 Å². The first-order chi connectivity index (χ1) is 11.9. The molecule has 0 saturated carbocycles. The minimum absolute atomic E-state index is 0.143. The first kappa shape index (κ1) is 16.9. The van der Waals surface area contributed by atoms with Crippen molar-refractivity contribution in [3.63, 3.8) is 0 Å². The van der Waals surface area contributed by atoms with Crippen molar-refractivity contribution in [3.8, 4) is 5.88 Å². The molecule has 2 aromatic rings. The second-order valence-corrected chi connectivity index (χ2v) is 6.08. The average Bonchev–Trinajstić information content (AvgIpc) is 3.05. The number of ether oxygens (including phenoxy) is 1. The molecule has 9 heteroatoms. The Hall–Kier alpha value is -2.97. The van der Waals surface area contributed by atoms with Gasteiger partial charge in [0, 0.05) is 46.2 Å². The van der Waals surface area contributed by atoms with Crippen LogP contribution in [-0.4, -0.2) is 64.1 Å². The van der Waals surface area contributed by atoms with Crippen LogP contribution >= 0.6 is 0 Å². The van der Waals surface area contributed by atoms with Crippen molar-refractivity contribution in [3.05, 3.63) is 40.3 Å². The van der Waals surface area contributed by atoms with Crippen molar-refractivity contribution in [1.29, 1.82) is 0 Å². The standard InChI is InChI=1S/C16H20N6O3/c1-20(2)13-5-6-14(18-17-13)25-11-8-9-22(10-11)16(24)12-4-7-15(23)21(3)19-12/h4-7,11H,8-10H2,1-3H3/t11-/m0/s1. The molecule has 0 N–H and O–H groups in total. The molecule has 0 aliphatic carbocycles. The van der Waals surface area contributed by atoms with E-state index in [1.54, 1.807) is 11.0 Å². The molecule has 2 aromatic heterocycles. The third-order valence-electron chi connectivity index (χ3n) is 3.98. The van der Waals surface area contributed by atoms with Crippen molar-refractivity contribution in [2.75, 3.05) is 32.1 Å². The summed E-state index contributed by atoms with van der Waals surface area (Å²) in [4.78, 5) is 27.4. The fourth-order valence-electron chi connectivity index (χ4n) is 2.57. The van der Waals surface area contributed by atoms with Gasteiger partial charge in [-0.05, 0) is 12.1 Å². The second-order valence-electron chi connectivity index (χ2n) is 6.08. The lowest BCUT2D eigenvalue weighted by atomic mass is 10.3. The minimum Gasteiger partial charge on any atom is -0.471 e. The molecule has 1 saturated heterocycles. The maximum absolute atomic E-state index is 12.5. The van der Waals surface area contributed by atoms with Crippen LogP contribution in [0.2, 0.25) is 0 Å². The smallest absolute Gasteiger partial charge is 0.274 e. The lowest BCUT2D eigenvalue weighted by Gasteiger charge is -2.17. The fourth-order valence-corrected chi connectivity index (χ4v) is 2.57. The van der Waals surface area contributed by atoms with E-state index in [0.717, 1.165) is 10.5 Å². The van der Waals surface area contributed by atoms with Gasteiger partial charge < -0.3 is 14.5 Å². The molecular formula is C16H20N6O3. The molecule has 132 valence electrons. The van der Waals surface area contributed by atoms with Crippen LogP contribution in [0.25, 0.3) is 0 Å². The van der Waals surface area contributed by atoms with E-state index in [0.29, 0.717) is 25.4 Å². The third kappa shape index (κ3) is 3.76. The van der Waals surface area contributed by atoms with Gasteiger partial charge in [0.1, 0.15) is 11.8 Å². The van der Waals surface area contributed by atoms with E-state index in [1.807, 2.05) is 25.1 Å². The van der Waals surface area contributed by atoms with E-state index in [4.69, 9.17) is 4.74 Å². The first-order valence-corrected chi connectivity index (χ1v) is 7.95. The molecule has 1 amide bonds. The van der Waals surface area contributed by atoms with Crippen molar-refractivity contribution in [2.45, 2.75) is 12.5 Å². The third-order valence-corrected chi connectivity index (χ3v) is 3.98. The van der Waals surface area contributed by atoms with Gasteiger partial charge in [-0.3, -0.25) is 9.59 Å². The highest BCUT2D eigenvalue weighted by molar-refractivity contribution is 5.92. The summed E-state index contributed by atoms with van der Waals surface area (Å²) in [6.45, 7) is 1.01. The van der Waals surface area contributed by atoms with Gasteiger partial charge in [0.05, 0.1) is 6.54 Å². The van der Waals surface area contributed by atoms with E-state index in [-0.39, 0.29) is 23.3 Å². The Bertz CT molecular complexity index is 817. The fraction of sp³-hybridized carbons (Fsp3) is 0.438. The van der Waals surface area contributed by atoms with Gasteiger partial charge in [-0.1, -0.05) is 0 Å². The SMILES string of the molecule is CN(C)c1ccc(O[C@H]2CCN(C(=O)c3ccc(=O)n(C)n3)C2)nn1. The molecular weight excluding hydrogens is 324 g/mol. The monoisotopic (exact) mass is 344 g/mol. The number of hydrogen-bond acceptors (Lipinski definition) is 7. The zero-order chi connectivity index (χ0) is 18.0. The van der Waals surface area contributed by atoms with Gasteiger partial charge in [-0.2, -0.15) is 5.10 Å². The van der Waals surface area contributed by atoms with Crippen molar-refractivity contribution >= 4 is 11.7 Å². The summed E-state index contributed by atoms with van der Waals surface area (Å²) < 4.78 is 6.96. The molecule has 25 heavy (non-hydrogen) atoms. The maximum Gasteiger partial charge on any atom is 0.274 e. The Balaban J connectivity index is 1.62. The molecule has 0 bridgehead atoms. The normalized spacial score (nSPS) is 16.8. The van der Waals surface area contributed by atoms with E-state index in [9.17, 15) is 9.59 Å². The topological polar surface area (TPSA) is 93.5 Å². The lowest BCUT2D eigenvalue weighted by Crippen LogP contribution is -2.33. The van der Waals surface area contributed by atoms with Crippen LogP contribution < -0.4 is 15.2 Å². The molecule has 1 aliphatic heterocycles. The Morgan fingerprint density at radius 1 is 1.24 bits per heavy atom. The first-order valence-electron chi connectivity index (χ1n) is 7.95. The summed E-state index contributed by atoms with van der Waals surface area (Å²) >= 11 is 0. The molecule has 0 aromatic carbocycles. The number of aryl methyl sites for hydroxylation is 1. The van der Waals surface area contributed by atoms with Gasteiger partial charge in [0.2, 0.25) is 5.88 Å². The Morgan fingerprint density at radius 3 is 2.68 bits per heavy atom. The zero-order valence-corrected chi connectivity index (χ0v) is 14.4. The van der Waals surface area contributed by atoms with Crippen molar-refractivity contribution in [1.82, 2.24) is 24.9 Å². The van der Waals surface area contributed by atoms with Gasteiger partial charge >= 0.3 is 0 Å². The largest absolute Gasteiger partial charge is 0.471 e. The summed E-state index contributed by atoms with van der Waals surface area (Å²) in [5.41, 5.74) is -0.00296. The quantitative estimate of drug-likeness (QED) is 0.766. The molecule has 0 unspecified atom stereocenters. The van der Waals surface area contributed by atoms with Gasteiger partial charge in [0.15, 0.2) is 5.82 Å². The molecule has 9 nitrogen and oxygen atoms in total. The van der Waals surface area contributed by atoms with E-state index < -0.39 is 0 Å². The highest BCUT2D eigenvalue weighted by atomic mass is 16.5. The van der Waals surface area contributed by atoms with Gasteiger partial charge in [-0.15, -0.1) is 10.2 Å². The second kappa shape index (κ2) is 6.88. The Kier molecular flexibility index (Phi) is 4.64. The summed E-state index contributed by atoms with van der Waals surface area (Å²) in [6.07, 6.45) is 0.560. The molecule has 1 aliphatic rings. The average molecular weight is 344 g/mol. The van der Waals surface area contributed by atoms with Crippen LogP contribution in [0, 0.1) is 0 Å². The Morgan fingerprint density at radius 2 is 2.04 bits per heavy atom. The van der Waals surface area contributed by atoms with Crippen LogP contribution in [-0.2, 0) is 7.05 Å². The molecule has 3 heterocycles. The molecule has 0 radical (unpaired) electrons. The van der Waals surface area contributed by atoms with Gasteiger partial charge in [-0.25, -0.2) is 4.68 Å². The lowest BCUT2D eigenvalue weighted by molar-refractivity contribution is 0.0762. The molecule has 3 rings (SSSR count). The summed E-state index contributed by atoms with van der Waals surface area (Å²) in [6, 6.07) is 6.38. The van der Waals surface area contributed by atoms with Crippen LogP contribution in [0.3, 0.4) is 0 Å². The number of anilines is 1. The summed E-state index contributed by atoms with van der Waals surface area (Å²) in [7, 11) is 5.29.